The Balaban J connectivity index is 1.87. The molecule has 1 aromatic carbocycles. The van der Waals surface area contributed by atoms with Crippen molar-refractivity contribution in [2.24, 2.45) is 0 Å². The van der Waals surface area contributed by atoms with Crippen LogP contribution in [0.15, 0.2) is 35.0 Å². The summed E-state index contributed by atoms with van der Waals surface area (Å²) in [6, 6.07) is 7.49. The van der Waals surface area contributed by atoms with Crippen LogP contribution in [0.2, 0.25) is 0 Å². The minimum absolute atomic E-state index is 0.0647. The molecule has 1 amide bonds. The van der Waals surface area contributed by atoms with Crippen molar-refractivity contribution in [3.8, 4) is 11.3 Å². The highest BCUT2D eigenvalue weighted by Gasteiger charge is 2.17. The zero-order chi connectivity index (χ0) is 18.8. The average Bonchev–Trinajstić information content (AvgIpc) is 2.95. The van der Waals surface area contributed by atoms with Gasteiger partial charge in [0.25, 0.3) is 5.91 Å². The Kier molecular flexibility index (Phi) is 4.84. The molecule has 6 heteroatoms. The van der Waals surface area contributed by atoms with Crippen LogP contribution in [0.5, 0.6) is 0 Å². The van der Waals surface area contributed by atoms with E-state index in [9.17, 15) is 4.79 Å². The number of carbonyl (C=O) groups is 1. The third-order valence-electron chi connectivity index (χ3n) is 4.38. The van der Waals surface area contributed by atoms with Crippen LogP contribution in [0.3, 0.4) is 0 Å². The van der Waals surface area contributed by atoms with Crippen LogP contribution in [-0.4, -0.2) is 33.0 Å². The summed E-state index contributed by atoms with van der Waals surface area (Å²) in [7, 11) is 1.78. The number of aromatic nitrogens is 3. The van der Waals surface area contributed by atoms with Crippen LogP contribution in [0.25, 0.3) is 11.3 Å². The van der Waals surface area contributed by atoms with E-state index in [4.69, 9.17) is 4.52 Å². The normalized spacial score (nSPS) is 10.8. The number of carbonyl (C=O) groups excluding carboxylic acids is 1. The van der Waals surface area contributed by atoms with Gasteiger partial charge in [-0.05, 0) is 39.8 Å². The van der Waals surface area contributed by atoms with E-state index in [-0.39, 0.29) is 5.91 Å². The van der Waals surface area contributed by atoms with Crippen molar-refractivity contribution < 1.29 is 9.32 Å². The van der Waals surface area contributed by atoms with E-state index in [0.717, 1.165) is 39.7 Å². The monoisotopic (exact) mass is 350 g/mol. The Hall–Kier alpha value is -3.02. The fourth-order valence-electron chi connectivity index (χ4n) is 2.87. The second-order valence-corrected chi connectivity index (χ2v) is 6.49. The molecular formula is C20H22N4O2. The van der Waals surface area contributed by atoms with Gasteiger partial charge < -0.3 is 9.42 Å². The van der Waals surface area contributed by atoms with Crippen LogP contribution in [0, 0.1) is 27.7 Å². The lowest BCUT2D eigenvalue weighted by Gasteiger charge is -2.17. The standard InChI is InChI=1S/C20H22N4O2/c1-12-10-21-14(3)19(22-12)16-7-6-8-17(9-16)20(25)24(5)11-18-13(2)23-26-15(18)4/h6-10H,11H2,1-5H3. The average molecular weight is 350 g/mol. The Morgan fingerprint density at radius 2 is 1.92 bits per heavy atom. The number of nitrogens with zero attached hydrogens (tertiary/aromatic N) is 4. The molecular weight excluding hydrogens is 328 g/mol. The molecule has 2 aromatic heterocycles. The summed E-state index contributed by atoms with van der Waals surface area (Å²) in [6.45, 7) is 8.01. The van der Waals surface area contributed by atoms with Gasteiger partial charge in [0.15, 0.2) is 0 Å². The molecule has 0 spiro atoms. The van der Waals surface area contributed by atoms with Gasteiger partial charge in [-0.1, -0.05) is 17.3 Å². The number of hydrogen-bond acceptors (Lipinski definition) is 5. The summed E-state index contributed by atoms with van der Waals surface area (Å²) in [5.41, 5.74) is 5.73. The minimum Gasteiger partial charge on any atom is -0.361 e. The molecule has 0 fully saturated rings. The Labute approximate surface area is 152 Å². The van der Waals surface area contributed by atoms with Gasteiger partial charge in [-0.3, -0.25) is 9.78 Å². The molecule has 0 aliphatic rings. The van der Waals surface area contributed by atoms with Crippen LogP contribution in [-0.2, 0) is 6.54 Å². The molecule has 0 saturated heterocycles. The van der Waals surface area contributed by atoms with Crippen molar-refractivity contribution >= 4 is 5.91 Å². The van der Waals surface area contributed by atoms with Gasteiger partial charge in [-0.25, -0.2) is 4.98 Å². The van der Waals surface area contributed by atoms with Gasteiger partial charge in [0.05, 0.1) is 29.3 Å². The van der Waals surface area contributed by atoms with Crippen molar-refractivity contribution in [3.05, 3.63) is 64.4 Å². The Morgan fingerprint density at radius 1 is 1.15 bits per heavy atom. The second-order valence-electron chi connectivity index (χ2n) is 6.49. The molecule has 26 heavy (non-hydrogen) atoms. The lowest BCUT2D eigenvalue weighted by atomic mass is 10.1. The molecule has 0 unspecified atom stereocenters. The number of amides is 1. The van der Waals surface area contributed by atoms with Gasteiger partial charge in [0.2, 0.25) is 0 Å². The summed E-state index contributed by atoms with van der Waals surface area (Å²) in [4.78, 5) is 23.5. The first kappa shape index (κ1) is 17.8. The summed E-state index contributed by atoms with van der Waals surface area (Å²) in [5.74, 6) is 0.673. The van der Waals surface area contributed by atoms with Crippen LogP contribution < -0.4 is 0 Å². The van der Waals surface area contributed by atoms with Crippen molar-refractivity contribution in [3.63, 3.8) is 0 Å². The molecule has 3 rings (SSSR count). The van der Waals surface area contributed by atoms with Crippen molar-refractivity contribution in [1.29, 1.82) is 0 Å². The van der Waals surface area contributed by atoms with Crippen molar-refractivity contribution in [2.75, 3.05) is 7.05 Å². The van der Waals surface area contributed by atoms with E-state index < -0.39 is 0 Å². The van der Waals surface area contributed by atoms with Crippen molar-refractivity contribution in [2.45, 2.75) is 34.2 Å². The first-order valence-electron chi connectivity index (χ1n) is 8.44. The summed E-state index contributed by atoms with van der Waals surface area (Å²) in [6.07, 6.45) is 1.74. The van der Waals surface area contributed by atoms with Crippen LogP contribution in [0.4, 0.5) is 0 Å². The summed E-state index contributed by atoms with van der Waals surface area (Å²) in [5, 5.41) is 3.94. The highest BCUT2D eigenvalue weighted by molar-refractivity contribution is 5.95. The maximum Gasteiger partial charge on any atom is 0.253 e. The third kappa shape index (κ3) is 3.49. The predicted molar refractivity (Wildman–Crippen MR) is 98.7 cm³/mol. The molecule has 0 bridgehead atoms. The van der Waals surface area contributed by atoms with E-state index in [0.29, 0.717) is 12.1 Å². The maximum absolute atomic E-state index is 12.9. The van der Waals surface area contributed by atoms with Gasteiger partial charge in [0, 0.05) is 29.9 Å². The molecule has 0 aliphatic heterocycles. The molecule has 0 aliphatic carbocycles. The SMILES string of the molecule is Cc1cnc(C)c(-c2cccc(C(=O)N(C)Cc3c(C)noc3C)c2)n1. The third-order valence-corrected chi connectivity index (χ3v) is 4.38. The van der Waals surface area contributed by atoms with Gasteiger partial charge in [0.1, 0.15) is 5.76 Å². The van der Waals surface area contributed by atoms with E-state index >= 15 is 0 Å². The first-order valence-corrected chi connectivity index (χ1v) is 8.44. The van der Waals surface area contributed by atoms with Gasteiger partial charge in [-0.2, -0.15) is 0 Å². The lowest BCUT2D eigenvalue weighted by molar-refractivity contribution is 0.0784. The Bertz CT molecular complexity index is 943. The number of benzene rings is 1. The second kappa shape index (κ2) is 7.07. The number of aryl methyl sites for hydroxylation is 4. The molecule has 0 radical (unpaired) electrons. The largest absolute Gasteiger partial charge is 0.361 e. The molecule has 0 saturated carbocycles. The zero-order valence-electron chi connectivity index (χ0n) is 15.7. The fourth-order valence-corrected chi connectivity index (χ4v) is 2.87. The minimum atomic E-state index is -0.0647. The van der Waals surface area contributed by atoms with Gasteiger partial charge in [-0.15, -0.1) is 0 Å². The quantitative estimate of drug-likeness (QED) is 0.718. The lowest BCUT2D eigenvalue weighted by Crippen LogP contribution is -2.26. The zero-order valence-corrected chi connectivity index (χ0v) is 15.7. The molecule has 134 valence electrons. The molecule has 0 N–H and O–H groups in total. The first-order chi connectivity index (χ1) is 12.4. The highest BCUT2D eigenvalue weighted by Crippen LogP contribution is 2.22. The Morgan fingerprint density at radius 3 is 2.62 bits per heavy atom. The van der Waals surface area contributed by atoms with E-state index in [1.54, 1.807) is 18.1 Å². The van der Waals surface area contributed by atoms with Crippen molar-refractivity contribution in [1.82, 2.24) is 20.0 Å². The number of hydrogen-bond donors (Lipinski definition) is 0. The molecule has 2 heterocycles. The smallest absolute Gasteiger partial charge is 0.253 e. The highest BCUT2D eigenvalue weighted by atomic mass is 16.5. The predicted octanol–water partition coefficient (Wildman–Crippen LogP) is 3.64. The van der Waals surface area contributed by atoms with Crippen LogP contribution >= 0.6 is 0 Å². The molecule has 3 aromatic rings. The number of rotatable bonds is 4. The van der Waals surface area contributed by atoms with Gasteiger partial charge >= 0.3 is 0 Å². The van der Waals surface area contributed by atoms with E-state index in [1.165, 1.54) is 0 Å². The maximum atomic E-state index is 12.9. The van der Waals surface area contributed by atoms with E-state index in [1.807, 2.05) is 52.0 Å². The summed E-state index contributed by atoms with van der Waals surface area (Å²) >= 11 is 0. The topological polar surface area (TPSA) is 72.1 Å². The summed E-state index contributed by atoms with van der Waals surface area (Å²) < 4.78 is 5.18. The molecule has 6 nitrogen and oxygen atoms in total. The van der Waals surface area contributed by atoms with Crippen LogP contribution in [0.1, 0.15) is 38.8 Å². The fraction of sp³-hybridized carbons (Fsp3) is 0.300. The molecule has 0 atom stereocenters. The van der Waals surface area contributed by atoms with E-state index in [2.05, 4.69) is 15.1 Å².